The molecule has 2 aliphatic heterocycles. The highest BCUT2D eigenvalue weighted by Crippen LogP contribution is 2.30. The average molecular weight is 222 g/mol. The van der Waals surface area contributed by atoms with E-state index in [4.69, 9.17) is 0 Å². The van der Waals surface area contributed by atoms with Crippen LogP contribution in [0.5, 0.6) is 0 Å². The lowest BCUT2D eigenvalue weighted by atomic mass is 9.83. The third-order valence-corrected chi connectivity index (χ3v) is 5.04. The van der Waals surface area contributed by atoms with Crippen molar-refractivity contribution >= 4 is 0 Å². The van der Waals surface area contributed by atoms with Crippen molar-refractivity contribution in [3.63, 3.8) is 0 Å². The van der Waals surface area contributed by atoms with Gasteiger partial charge in [-0.1, -0.05) is 6.42 Å². The SMILES string of the molecule is C1CC(CN2CCC(C3CCCN3)CC2)C1. The zero-order chi connectivity index (χ0) is 10.8. The van der Waals surface area contributed by atoms with E-state index in [0.29, 0.717) is 0 Å². The fourth-order valence-corrected chi connectivity index (χ4v) is 3.69. The van der Waals surface area contributed by atoms with Crippen molar-refractivity contribution < 1.29 is 0 Å². The number of rotatable bonds is 3. The maximum absolute atomic E-state index is 3.69. The summed E-state index contributed by atoms with van der Waals surface area (Å²) < 4.78 is 0. The Kier molecular flexibility index (Phi) is 3.49. The van der Waals surface area contributed by atoms with Crippen LogP contribution in [0.25, 0.3) is 0 Å². The van der Waals surface area contributed by atoms with Gasteiger partial charge in [0.05, 0.1) is 0 Å². The van der Waals surface area contributed by atoms with Crippen molar-refractivity contribution in [3.05, 3.63) is 0 Å². The molecular weight excluding hydrogens is 196 g/mol. The third-order valence-electron chi connectivity index (χ3n) is 5.04. The van der Waals surface area contributed by atoms with E-state index in [2.05, 4.69) is 10.2 Å². The number of piperidine rings is 1. The smallest absolute Gasteiger partial charge is 0.00967 e. The molecule has 3 aliphatic rings. The molecule has 0 aromatic carbocycles. The first-order valence-corrected chi connectivity index (χ1v) is 7.37. The molecule has 2 nitrogen and oxygen atoms in total. The van der Waals surface area contributed by atoms with Crippen LogP contribution in [0.1, 0.15) is 44.9 Å². The van der Waals surface area contributed by atoms with Crippen LogP contribution < -0.4 is 5.32 Å². The molecule has 0 amide bonds. The summed E-state index contributed by atoms with van der Waals surface area (Å²) in [6.45, 7) is 5.43. The van der Waals surface area contributed by atoms with Gasteiger partial charge < -0.3 is 10.2 Å². The molecule has 3 rings (SSSR count). The Morgan fingerprint density at radius 1 is 0.938 bits per heavy atom. The molecule has 1 N–H and O–H groups in total. The maximum Gasteiger partial charge on any atom is 0.00967 e. The molecule has 1 unspecified atom stereocenters. The summed E-state index contributed by atoms with van der Waals surface area (Å²) in [4.78, 5) is 2.73. The van der Waals surface area contributed by atoms with E-state index in [1.165, 1.54) is 71.1 Å². The highest BCUT2D eigenvalue weighted by molar-refractivity contribution is 4.86. The minimum Gasteiger partial charge on any atom is -0.314 e. The van der Waals surface area contributed by atoms with E-state index in [9.17, 15) is 0 Å². The molecule has 0 aromatic rings. The summed E-state index contributed by atoms with van der Waals surface area (Å²) in [5, 5.41) is 3.69. The Labute approximate surface area is 99.8 Å². The van der Waals surface area contributed by atoms with Gasteiger partial charge in [-0.05, 0) is 70.0 Å². The Balaban J connectivity index is 1.40. The van der Waals surface area contributed by atoms with Gasteiger partial charge in [-0.3, -0.25) is 0 Å². The first kappa shape index (κ1) is 11.0. The van der Waals surface area contributed by atoms with Crippen LogP contribution in [0.15, 0.2) is 0 Å². The van der Waals surface area contributed by atoms with E-state index < -0.39 is 0 Å². The van der Waals surface area contributed by atoms with Crippen LogP contribution in [0, 0.1) is 11.8 Å². The van der Waals surface area contributed by atoms with Gasteiger partial charge in [-0.15, -0.1) is 0 Å². The van der Waals surface area contributed by atoms with Gasteiger partial charge in [0.2, 0.25) is 0 Å². The van der Waals surface area contributed by atoms with Gasteiger partial charge in [-0.25, -0.2) is 0 Å². The van der Waals surface area contributed by atoms with Crippen molar-refractivity contribution in [2.24, 2.45) is 11.8 Å². The largest absolute Gasteiger partial charge is 0.314 e. The predicted octanol–water partition coefficient (Wildman–Crippen LogP) is 2.25. The molecule has 0 bridgehead atoms. The molecule has 1 atom stereocenters. The lowest BCUT2D eigenvalue weighted by Crippen LogP contribution is -2.43. The van der Waals surface area contributed by atoms with Gasteiger partial charge in [-0.2, -0.15) is 0 Å². The lowest BCUT2D eigenvalue weighted by molar-refractivity contribution is 0.120. The van der Waals surface area contributed by atoms with Crippen LogP contribution in [0.4, 0.5) is 0 Å². The van der Waals surface area contributed by atoms with Gasteiger partial charge in [0.1, 0.15) is 0 Å². The first-order chi connectivity index (χ1) is 7.92. The van der Waals surface area contributed by atoms with Crippen LogP contribution in [-0.4, -0.2) is 37.1 Å². The van der Waals surface area contributed by atoms with E-state index in [-0.39, 0.29) is 0 Å². The quantitative estimate of drug-likeness (QED) is 0.788. The molecule has 16 heavy (non-hydrogen) atoms. The molecule has 92 valence electrons. The summed E-state index contributed by atoms with van der Waals surface area (Å²) in [6, 6.07) is 0.867. The molecule has 2 heterocycles. The van der Waals surface area contributed by atoms with E-state index >= 15 is 0 Å². The maximum atomic E-state index is 3.69. The monoisotopic (exact) mass is 222 g/mol. The van der Waals surface area contributed by atoms with E-state index in [1.54, 1.807) is 0 Å². The molecule has 2 heteroatoms. The van der Waals surface area contributed by atoms with Gasteiger partial charge in [0, 0.05) is 12.6 Å². The molecule has 0 radical (unpaired) electrons. The van der Waals surface area contributed by atoms with E-state index in [0.717, 1.165) is 17.9 Å². The van der Waals surface area contributed by atoms with Gasteiger partial charge >= 0.3 is 0 Å². The Hall–Kier alpha value is -0.0800. The summed E-state index contributed by atoms with van der Waals surface area (Å²) in [7, 11) is 0. The number of nitrogens with zero attached hydrogens (tertiary/aromatic N) is 1. The fraction of sp³-hybridized carbons (Fsp3) is 1.00. The minimum absolute atomic E-state index is 0.867. The summed E-state index contributed by atoms with van der Waals surface area (Å²) in [5.74, 6) is 2.04. The predicted molar refractivity (Wildman–Crippen MR) is 67.5 cm³/mol. The molecule has 0 spiro atoms. The number of nitrogens with one attached hydrogen (secondary N) is 1. The Bertz CT molecular complexity index is 211. The first-order valence-electron chi connectivity index (χ1n) is 7.37. The summed E-state index contributed by atoms with van der Waals surface area (Å²) in [6.07, 6.45) is 10.2. The van der Waals surface area contributed by atoms with Gasteiger partial charge in [0.15, 0.2) is 0 Å². The number of hydrogen-bond acceptors (Lipinski definition) is 2. The lowest BCUT2D eigenvalue weighted by Gasteiger charge is -2.38. The second-order valence-corrected chi connectivity index (χ2v) is 6.14. The van der Waals surface area contributed by atoms with Crippen molar-refractivity contribution in [2.75, 3.05) is 26.2 Å². The third kappa shape index (κ3) is 2.43. The van der Waals surface area contributed by atoms with Crippen molar-refractivity contribution in [2.45, 2.75) is 51.0 Å². The zero-order valence-electron chi connectivity index (χ0n) is 10.5. The Morgan fingerprint density at radius 3 is 2.31 bits per heavy atom. The molecule has 3 fully saturated rings. The van der Waals surface area contributed by atoms with Crippen LogP contribution in [-0.2, 0) is 0 Å². The normalized spacial score (nSPS) is 34.1. The highest BCUT2D eigenvalue weighted by Gasteiger charge is 2.29. The standard InChI is InChI=1S/C14H26N2/c1-3-12(4-1)11-16-9-6-13(7-10-16)14-5-2-8-15-14/h12-15H,1-11H2. The molecule has 2 saturated heterocycles. The number of hydrogen-bond donors (Lipinski definition) is 1. The molecule has 1 saturated carbocycles. The van der Waals surface area contributed by atoms with Crippen molar-refractivity contribution in [3.8, 4) is 0 Å². The second-order valence-electron chi connectivity index (χ2n) is 6.14. The zero-order valence-corrected chi connectivity index (χ0v) is 10.5. The highest BCUT2D eigenvalue weighted by atomic mass is 15.1. The molecule has 1 aliphatic carbocycles. The summed E-state index contributed by atoms with van der Waals surface area (Å²) in [5.41, 5.74) is 0. The van der Waals surface area contributed by atoms with Crippen molar-refractivity contribution in [1.29, 1.82) is 0 Å². The topological polar surface area (TPSA) is 15.3 Å². The van der Waals surface area contributed by atoms with Crippen molar-refractivity contribution in [1.82, 2.24) is 10.2 Å². The Morgan fingerprint density at radius 2 is 1.75 bits per heavy atom. The van der Waals surface area contributed by atoms with Crippen LogP contribution in [0.3, 0.4) is 0 Å². The van der Waals surface area contributed by atoms with Crippen LogP contribution in [0.2, 0.25) is 0 Å². The number of likely N-dealkylation sites (tertiary alicyclic amines) is 1. The summed E-state index contributed by atoms with van der Waals surface area (Å²) >= 11 is 0. The van der Waals surface area contributed by atoms with Crippen LogP contribution >= 0.6 is 0 Å². The second kappa shape index (κ2) is 5.05. The minimum atomic E-state index is 0.867. The van der Waals surface area contributed by atoms with E-state index in [1.807, 2.05) is 0 Å². The average Bonchev–Trinajstić information content (AvgIpc) is 2.78. The molecule has 0 aromatic heterocycles. The fourth-order valence-electron chi connectivity index (χ4n) is 3.69. The van der Waals surface area contributed by atoms with Gasteiger partial charge in [0.25, 0.3) is 0 Å². The molecular formula is C14H26N2.